The minimum absolute atomic E-state index is 0.102. The molecule has 1 aliphatic rings. The van der Waals surface area contributed by atoms with E-state index in [1.165, 1.54) is 6.33 Å². The second-order valence-electron chi connectivity index (χ2n) is 6.34. The highest BCUT2D eigenvalue weighted by Gasteiger charge is 2.33. The second-order valence-corrected chi connectivity index (χ2v) is 6.34. The minimum Gasteiger partial charge on any atom is -0.341 e. The summed E-state index contributed by atoms with van der Waals surface area (Å²) in [6.07, 6.45) is 4.76. The Hall–Kier alpha value is -2.25. The Morgan fingerprint density at radius 3 is 2.61 bits per heavy atom. The van der Waals surface area contributed by atoms with E-state index in [-0.39, 0.29) is 23.8 Å². The fourth-order valence-corrected chi connectivity index (χ4v) is 3.08. The van der Waals surface area contributed by atoms with Gasteiger partial charge in [-0.25, -0.2) is 9.67 Å². The monoisotopic (exact) mass is 318 g/mol. The SMILES string of the molecule is Cc1noc(C2CCN(C(=O)[C@H](C(C)C)n3cncn3)CC2)n1. The molecule has 0 radical (unpaired) electrons. The van der Waals surface area contributed by atoms with E-state index in [0.29, 0.717) is 24.8 Å². The molecule has 0 saturated carbocycles. The molecule has 1 aliphatic heterocycles. The molecule has 0 bridgehead atoms. The van der Waals surface area contributed by atoms with E-state index in [1.807, 2.05) is 25.7 Å². The number of nitrogens with zero attached hydrogens (tertiary/aromatic N) is 6. The fourth-order valence-electron chi connectivity index (χ4n) is 3.08. The average Bonchev–Trinajstić information content (AvgIpc) is 3.19. The van der Waals surface area contributed by atoms with Crippen LogP contribution in [-0.4, -0.2) is 48.8 Å². The Labute approximate surface area is 134 Å². The molecule has 23 heavy (non-hydrogen) atoms. The van der Waals surface area contributed by atoms with Crippen LogP contribution in [0.25, 0.3) is 0 Å². The van der Waals surface area contributed by atoms with Gasteiger partial charge in [0, 0.05) is 19.0 Å². The summed E-state index contributed by atoms with van der Waals surface area (Å²) in [4.78, 5) is 23.0. The summed E-state index contributed by atoms with van der Waals surface area (Å²) in [5, 5.41) is 7.99. The predicted molar refractivity (Wildman–Crippen MR) is 81.5 cm³/mol. The highest BCUT2D eigenvalue weighted by Crippen LogP contribution is 2.29. The number of aryl methyl sites for hydroxylation is 1. The van der Waals surface area contributed by atoms with Crippen molar-refractivity contribution in [3.63, 3.8) is 0 Å². The van der Waals surface area contributed by atoms with Gasteiger partial charge < -0.3 is 9.42 Å². The maximum atomic E-state index is 12.9. The van der Waals surface area contributed by atoms with Crippen molar-refractivity contribution >= 4 is 5.91 Å². The zero-order valence-electron chi connectivity index (χ0n) is 13.7. The summed E-state index contributed by atoms with van der Waals surface area (Å²) in [7, 11) is 0. The van der Waals surface area contributed by atoms with E-state index in [4.69, 9.17) is 4.52 Å². The molecule has 8 nitrogen and oxygen atoms in total. The van der Waals surface area contributed by atoms with Crippen LogP contribution in [0.4, 0.5) is 0 Å². The lowest BCUT2D eigenvalue weighted by Crippen LogP contribution is -2.43. The van der Waals surface area contributed by atoms with Crippen LogP contribution in [-0.2, 0) is 4.79 Å². The Kier molecular flexibility index (Phi) is 4.40. The minimum atomic E-state index is -0.306. The number of likely N-dealkylation sites (tertiary alicyclic amines) is 1. The summed E-state index contributed by atoms with van der Waals surface area (Å²) >= 11 is 0. The van der Waals surface area contributed by atoms with Crippen LogP contribution in [0.2, 0.25) is 0 Å². The van der Waals surface area contributed by atoms with E-state index >= 15 is 0 Å². The van der Waals surface area contributed by atoms with Gasteiger partial charge in [0.1, 0.15) is 18.7 Å². The van der Waals surface area contributed by atoms with Crippen LogP contribution in [0, 0.1) is 12.8 Å². The zero-order chi connectivity index (χ0) is 16.4. The first kappa shape index (κ1) is 15.6. The van der Waals surface area contributed by atoms with Gasteiger partial charge in [-0.1, -0.05) is 19.0 Å². The Balaban J connectivity index is 1.65. The second kappa shape index (κ2) is 6.47. The van der Waals surface area contributed by atoms with Gasteiger partial charge in [-0.3, -0.25) is 4.79 Å². The molecule has 1 fully saturated rings. The number of hydrogen-bond donors (Lipinski definition) is 0. The standard InChI is InChI=1S/C15H22N6O2/c1-10(2)13(21-9-16-8-17-21)15(22)20-6-4-12(5-7-20)14-18-11(3)19-23-14/h8-10,12-13H,4-7H2,1-3H3/t13-/m0/s1. The van der Waals surface area contributed by atoms with Crippen molar-refractivity contribution in [3.8, 4) is 0 Å². The Morgan fingerprint density at radius 1 is 1.35 bits per heavy atom. The molecule has 0 aromatic carbocycles. The summed E-state index contributed by atoms with van der Waals surface area (Å²) in [5.41, 5.74) is 0. The number of aromatic nitrogens is 5. The number of carbonyl (C=O) groups is 1. The quantitative estimate of drug-likeness (QED) is 0.850. The molecule has 8 heteroatoms. The first-order valence-electron chi connectivity index (χ1n) is 7.99. The fraction of sp³-hybridized carbons (Fsp3) is 0.667. The molecule has 2 aromatic heterocycles. The number of hydrogen-bond acceptors (Lipinski definition) is 6. The van der Waals surface area contributed by atoms with E-state index in [2.05, 4.69) is 20.2 Å². The van der Waals surface area contributed by atoms with Crippen LogP contribution < -0.4 is 0 Å². The molecular weight excluding hydrogens is 296 g/mol. The average molecular weight is 318 g/mol. The summed E-state index contributed by atoms with van der Waals surface area (Å²) < 4.78 is 6.91. The molecule has 2 aromatic rings. The maximum absolute atomic E-state index is 12.9. The number of carbonyl (C=O) groups excluding carboxylic acids is 1. The van der Waals surface area contributed by atoms with Crippen molar-refractivity contribution in [1.29, 1.82) is 0 Å². The molecule has 0 aliphatic carbocycles. The van der Waals surface area contributed by atoms with Gasteiger partial charge in [0.2, 0.25) is 11.8 Å². The largest absolute Gasteiger partial charge is 0.341 e. The van der Waals surface area contributed by atoms with E-state index in [1.54, 1.807) is 11.0 Å². The first-order chi connectivity index (χ1) is 11.1. The van der Waals surface area contributed by atoms with Crippen molar-refractivity contribution < 1.29 is 9.32 Å². The molecule has 0 unspecified atom stereocenters. The smallest absolute Gasteiger partial charge is 0.247 e. The van der Waals surface area contributed by atoms with Crippen molar-refractivity contribution in [2.24, 2.45) is 5.92 Å². The van der Waals surface area contributed by atoms with Gasteiger partial charge in [0.25, 0.3) is 0 Å². The van der Waals surface area contributed by atoms with Crippen molar-refractivity contribution in [2.45, 2.75) is 45.6 Å². The normalized spacial score (nSPS) is 17.7. The van der Waals surface area contributed by atoms with Gasteiger partial charge >= 0.3 is 0 Å². The summed E-state index contributed by atoms with van der Waals surface area (Å²) in [6.45, 7) is 7.26. The van der Waals surface area contributed by atoms with Crippen LogP contribution in [0.3, 0.4) is 0 Å². The highest BCUT2D eigenvalue weighted by atomic mass is 16.5. The molecule has 3 rings (SSSR count). The lowest BCUT2D eigenvalue weighted by molar-refractivity contribution is -0.137. The lowest BCUT2D eigenvalue weighted by atomic mass is 9.95. The molecule has 0 N–H and O–H groups in total. The number of amides is 1. The van der Waals surface area contributed by atoms with Crippen LogP contribution in [0.15, 0.2) is 17.2 Å². The molecule has 1 amide bonds. The highest BCUT2D eigenvalue weighted by molar-refractivity contribution is 5.80. The van der Waals surface area contributed by atoms with Gasteiger partial charge in [-0.2, -0.15) is 10.1 Å². The maximum Gasteiger partial charge on any atom is 0.247 e. The number of piperidine rings is 1. The number of rotatable bonds is 4. The topological polar surface area (TPSA) is 89.9 Å². The van der Waals surface area contributed by atoms with Crippen LogP contribution >= 0.6 is 0 Å². The van der Waals surface area contributed by atoms with E-state index in [9.17, 15) is 4.79 Å². The first-order valence-corrected chi connectivity index (χ1v) is 7.99. The van der Waals surface area contributed by atoms with Crippen LogP contribution in [0.1, 0.15) is 50.4 Å². The summed E-state index contributed by atoms with van der Waals surface area (Å²) in [5.74, 6) is 1.84. The summed E-state index contributed by atoms with van der Waals surface area (Å²) in [6, 6.07) is -0.306. The molecule has 3 heterocycles. The third kappa shape index (κ3) is 3.25. The van der Waals surface area contributed by atoms with Crippen molar-refractivity contribution in [1.82, 2.24) is 29.8 Å². The molecule has 1 atom stereocenters. The van der Waals surface area contributed by atoms with Crippen molar-refractivity contribution in [2.75, 3.05) is 13.1 Å². The Morgan fingerprint density at radius 2 is 2.09 bits per heavy atom. The van der Waals surface area contributed by atoms with Crippen LogP contribution in [0.5, 0.6) is 0 Å². The molecule has 0 spiro atoms. The van der Waals surface area contributed by atoms with Gasteiger partial charge in [0.05, 0.1) is 0 Å². The van der Waals surface area contributed by atoms with Crippen molar-refractivity contribution in [3.05, 3.63) is 24.4 Å². The van der Waals surface area contributed by atoms with E-state index in [0.717, 1.165) is 12.8 Å². The third-order valence-electron chi connectivity index (χ3n) is 4.31. The zero-order valence-corrected chi connectivity index (χ0v) is 13.7. The van der Waals surface area contributed by atoms with Gasteiger partial charge in [-0.05, 0) is 25.7 Å². The molecule has 1 saturated heterocycles. The van der Waals surface area contributed by atoms with E-state index < -0.39 is 0 Å². The third-order valence-corrected chi connectivity index (χ3v) is 4.31. The van der Waals surface area contributed by atoms with Gasteiger partial charge in [-0.15, -0.1) is 0 Å². The van der Waals surface area contributed by atoms with Gasteiger partial charge in [0.15, 0.2) is 5.82 Å². The predicted octanol–water partition coefficient (Wildman–Crippen LogP) is 1.57. The molecule has 124 valence electrons. The Bertz CT molecular complexity index is 643. The molecular formula is C15H22N6O2. The lowest BCUT2D eigenvalue weighted by Gasteiger charge is -2.34.